The summed E-state index contributed by atoms with van der Waals surface area (Å²) in [6, 6.07) is 21.7. The molecule has 27 heavy (non-hydrogen) atoms. The zero-order chi connectivity index (χ0) is 19.1. The number of rotatable bonds is 4. The van der Waals surface area contributed by atoms with Crippen LogP contribution in [0.5, 0.6) is 0 Å². The Morgan fingerprint density at radius 3 is 2.22 bits per heavy atom. The predicted molar refractivity (Wildman–Crippen MR) is 106 cm³/mol. The zero-order valence-corrected chi connectivity index (χ0v) is 15.0. The molecule has 1 amide bonds. The van der Waals surface area contributed by atoms with Crippen LogP contribution >= 0.6 is 11.3 Å². The lowest BCUT2D eigenvalue weighted by atomic mass is 10.2. The van der Waals surface area contributed by atoms with Crippen molar-refractivity contribution in [3.8, 4) is 11.8 Å². The minimum absolute atomic E-state index is 0.187. The van der Waals surface area contributed by atoms with Crippen LogP contribution in [-0.4, -0.2) is 17.0 Å². The molecule has 2 aromatic carbocycles. The molecule has 1 aromatic heterocycles. The Morgan fingerprint density at radius 2 is 1.56 bits per heavy atom. The molecule has 0 bridgehead atoms. The van der Waals surface area contributed by atoms with Gasteiger partial charge in [0, 0.05) is 16.0 Å². The number of amides is 1. The van der Waals surface area contributed by atoms with Crippen LogP contribution < -0.4 is 5.32 Å². The Morgan fingerprint density at radius 1 is 0.889 bits per heavy atom. The molecule has 1 heterocycles. The van der Waals surface area contributed by atoms with Gasteiger partial charge in [-0.3, -0.25) is 4.79 Å². The smallest absolute Gasteiger partial charge is 0.352 e. The van der Waals surface area contributed by atoms with Gasteiger partial charge in [-0.15, -0.1) is 11.3 Å². The molecule has 0 aliphatic rings. The molecule has 0 spiro atoms. The van der Waals surface area contributed by atoms with Gasteiger partial charge in [-0.2, -0.15) is 0 Å². The summed E-state index contributed by atoms with van der Waals surface area (Å²) in [5.41, 5.74) is 1.11. The van der Waals surface area contributed by atoms with Crippen molar-refractivity contribution in [2.45, 2.75) is 0 Å². The predicted octanol–water partition coefficient (Wildman–Crippen LogP) is 4.00. The maximum absolute atomic E-state index is 12.2. The van der Waals surface area contributed by atoms with Crippen molar-refractivity contribution < 1.29 is 14.7 Å². The second kappa shape index (κ2) is 8.65. The normalized spacial score (nSPS) is 10.6. The number of benzene rings is 2. The van der Waals surface area contributed by atoms with Gasteiger partial charge in [-0.05, 0) is 42.5 Å². The minimum atomic E-state index is -1.20. The van der Waals surface area contributed by atoms with Crippen LogP contribution in [0.3, 0.4) is 0 Å². The molecule has 0 aliphatic heterocycles. The van der Waals surface area contributed by atoms with Crippen LogP contribution in [0.4, 0.5) is 0 Å². The number of carboxylic acids is 1. The molecule has 0 radical (unpaired) electrons. The highest BCUT2D eigenvalue weighted by molar-refractivity contribution is 7.13. The van der Waals surface area contributed by atoms with E-state index in [1.807, 2.05) is 36.4 Å². The molecule has 132 valence electrons. The van der Waals surface area contributed by atoms with Crippen molar-refractivity contribution in [3.63, 3.8) is 0 Å². The van der Waals surface area contributed by atoms with Crippen LogP contribution in [0.15, 0.2) is 78.5 Å². The van der Waals surface area contributed by atoms with Gasteiger partial charge in [0.2, 0.25) is 0 Å². The van der Waals surface area contributed by atoms with Crippen molar-refractivity contribution in [1.82, 2.24) is 5.32 Å². The lowest BCUT2D eigenvalue weighted by Gasteiger charge is -2.05. The molecule has 0 fully saturated rings. The van der Waals surface area contributed by atoms with Gasteiger partial charge in [-0.25, -0.2) is 4.79 Å². The summed E-state index contributed by atoms with van der Waals surface area (Å²) in [5, 5.41) is 11.8. The third-order valence-corrected chi connectivity index (χ3v) is 4.48. The molecular formula is C22H15NO3S. The average molecular weight is 373 g/mol. The number of nitrogens with one attached hydrogen (secondary N) is 1. The van der Waals surface area contributed by atoms with Gasteiger partial charge in [-0.1, -0.05) is 48.2 Å². The number of aliphatic carboxylic acids is 1. The van der Waals surface area contributed by atoms with E-state index in [9.17, 15) is 14.7 Å². The summed E-state index contributed by atoms with van der Waals surface area (Å²) in [4.78, 5) is 25.2. The van der Waals surface area contributed by atoms with E-state index in [4.69, 9.17) is 0 Å². The Kier molecular flexibility index (Phi) is 5.83. The first-order valence-corrected chi connectivity index (χ1v) is 8.92. The summed E-state index contributed by atoms with van der Waals surface area (Å²) in [6.45, 7) is 0. The van der Waals surface area contributed by atoms with Crippen molar-refractivity contribution in [3.05, 3.63) is 99.4 Å². The van der Waals surface area contributed by atoms with Gasteiger partial charge in [0.25, 0.3) is 5.91 Å². The fourth-order valence-electron chi connectivity index (χ4n) is 2.23. The van der Waals surface area contributed by atoms with E-state index in [0.717, 1.165) is 10.4 Å². The third kappa shape index (κ3) is 5.18. The minimum Gasteiger partial charge on any atom is -0.477 e. The van der Waals surface area contributed by atoms with E-state index < -0.39 is 11.9 Å². The summed E-state index contributed by atoms with van der Waals surface area (Å²) < 4.78 is 0. The monoisotopic (exact) mass is 373 g/mol. The van der Waals surface area contributed by atoms with Gasteiger partial charge in [0.1, 0.15) is 5.70 Å². The van der Waals surface area contributed by atoms with Crippen LogP contribution in [-0.2, 0) is 4.79 Å². The highest BCUT2D eigenvalue weighted by atomic mass is 32.1. The number of thiophene rings is 1. The summed E-state index contributed by atoms with van der Waals surface area (Å²) >= 11 is 1.36. The Labute approximate surface area is 160 Å². The van der Waals surface area contributed by atoms with E-state index in [-0.39, 0.29) is 5.70 Å². The second-order valence-corrected chi connectivity index (χ2v) is 6.62. The van der Waals surface area contributed by atoms with Gasteiger partial charge in [0.05, 0.1) is 4.88 Å². The molecule has 3 rings (SSSR count). The summed E-state index contributed by atoms with van der Waals surface area (Å²) in [5.74, 6) is 4.44. The lowest BCUT2D eigenvalue weighted by Crippen LogP contribution is -2.27. The van der Waals surface area contributed by atoms with Crippen molar-refractivity contribution in [2.75, 3.05) is 0 Å². The maximum Gasteiger partial charge on any atom is 0.352 e. The average Bonchev–Trinajstić information content (AvgIpc) is 3.14. The Hall–Kier alpha value is -3.62. The first-order valence-electron chi connectivity index (χ1n) is 8.10. The van der Waals surface area contributed by atoms with E-state index in [0.29, 0.717) is 10.4 Å². The van der Waals surface area contributed by atoms with Crippen LogP contribution in [0.25, 0.3) is 6.08 Å². The molecule has 0 saturated carbocycles. The first-order chi connectivity index (χ1) is 13.1. The third-order valence-electron chi connectivity index (χ3n) is 3.53. The SMILES string of the molecule is O=C(O)C(=Cc1ccc(C#Cc2ccccc2)s1)NC(=O)c1ccccc1. The number of carbonyl (C=O) groups is 2. The molecule has 3 aromatic rings. The Balaban J connectivity index is 1.77. The quantitative estimate of drug-likeness (QED) is 0.537. The highest BCUT2D eigenvalue weighted by Gasteiger charge is 2.13. The maximum atomic E-state index is 12.2. The summed E-state index contributed by atoms with van der Waals surface area (Å²) in [7, 11) is 0. The lowest BCUT2D eigenvalue weighted by molar-refractivity contribution is -0.132. The zero-order valence-electron chi connectivity index (χ0n) is 14.2. The van der Waals surface area contributed by atoms with E-state index in [1.54, 1.807) is 36.4 Å². The molecule has 5 heteroatoms. The molecule has 0 unspecified atom stereocenters. The summed E-state index contributed by atoms with van der Waals surface area (Å²) in [6.07, 6.45) is 1.43. The highest BCUT2D eigenvalue weighted by Crippen LogP contribution is 2.18. The standard InChI is InChI=1S/C22H15NO3S/c24-21(17-9-5-2-6-10-17)23-20(22(25)26)15-19-14-13-18(27-19)12-11-16-7-3-1-4-8-16/h1-10,13-15H,(H,23,24)(H,25,26). The number of hydrogen-bond donors (Lipinski definition) is 2. The first kappa shape index (κ1) is 18.2. The molecular weight excluding hydrogens is 358 g/mol. The largest absolute Gasteiger partial charge is 0.477 e. The van der Waals surface area contributed by atoms with Gasteiger partial charge in [0.15, 0.2) is 0 Å². The van der Waals surface area contributed by atoms with Crippen molar-refractivity contribution in [2.24, 2.45) is 0 Å². The van der Waals surface area contributed by atoms with Gasteiger partial charge >= 0.3 is 5.97 Å². The van der Waals surface area contributed by atoms with Gasteiger partial charge < -0.3 is 10.4 Å². The molecule has 0 aliphatic carbocycles. The molecule has 0 atom stereocenters. The van der Waals surface area contributed by atoms with Crippen LogP contribution in [0, 0.1) is 11.8 Å². The van der Waals surface area contributed by atoms with Crippen LogP contribution in [0.1, 0.15) is 25.7 Å². The second-order valence-electron chi connectivity index (χ2n) is 5.50. The molecule has 0 saturated heterocycles. The van der Waals surface area contributed by atoms with Crippen molar-refractivity contribution >= 4 is 29.3 Å². The molecule has 2 N–H and O–H groups in total. The fraction of sp³-hybridized carbons (Fsp3) is 0. The fourth-order valence-corrected chi connectivity index (χ4v) is 3.04. The van der Waals surface area contributed by atoms with E-state index >= 15 is 0 Å². The topological polar surface area (TPSA) is 66.4 Å². The molecule has 4 nitrogen and oxygen atoms in total. The van der Waals surface area contributed by atoms with Crippen molar-refractivity contribution in [1.29, 1.82) is 0 Å². The van der Waals surface area contributed by atoms with Crippen LogP contribution in [0.2, 0.25) is 0 Å². The number of carboxylic acid groups (broad SMARTS) is 1. The van der Waals surface area contributed by atoms with E-state index in [1.165, 1.54) is 17.4 Å². The number of carbonyl (C=O) groups excluding carboxylic acids is 1. The Bertz CT molecular complexity index is 1040. The van der Waals surface area contributed by atoms with E-state index in [2.05, 4.69) is 17.2 Å². The number of hydrogen-bond acceptors (Lipinski definition) is 3.